The second-order valence-corrected chi connectivity index (χ2v) is 6.39. The molecule has 0 radical (unpaired) electrons. The molecule has 1 aliphatic rings. The third-order valence-corrected chi connectivity index (χ3v) is 4.70. The van der Waals surface area contributed by atoms with Gasteiger partial charge in [-0.3, -0.25) is 0 Å². The molecule has 0 unspecified atom stereocenters. The molecule has 2 heterocycles. The van der Waals surface area contributed by atoms with Crippen LogP contribution in [0.25, 0.3) is 0 Å². The lowest BCUT2D eigenvalue weighted by molar-refractivity contribution is 0.417. The average Bonchev–Trinajstić information content (AvgIpc) is 2.75. The lowest BCUT2D eigenvalue weighted by atomic mass is 10.2. The molecule has 1 N–H and O–H groups in total. The van der Waals surface area contributed by atoms with Crippen LogP contribution in [0.1, 0.15) is 0 Å². The van der Waals surface area contributed by atoms with Gasteiger partial charge in [-0.15, -0.1) is 5.10 Å². The minimum atomic E-state index is -0.192. The van der Waals surface area contributed by atoms with Gasteiger partial charge < -0.3 is 19.9 Å². The summed E-state index contributed by atoms with van der Waals surface area (Å²) in [5, 5.41) is 11.3. The second kappa shape index (κ2) is 8.08. The van der Waals surface area contributed by atoms with Gasteiger partial charge in [0.2, 0.25) is 5.95 Å². The van der Waals surface area contributed by atoms with Crippen LogP contribution < -0.4 is 19.9 Å². The number of ether oxygens (including phenoxy) is 1. The van der Waals surface area contributed by atoms with E-state index in [1.54, 1.807) is 19.4 Å². The molecule has 3 aromatic rings. The number of aromatic nitrogens is 3. The Bertz CT molecular complexity index is 945. The number of hydrogen-bond donors (Lipinski definition) is 1. The molecule has 7 nitrogen and oxygen atoms in total. The molecular weight excluding hydrogens is 359 g/mol. The fourth-order valence-electron chi connectivity index (χ4n) is 3.25. The van der Waals surface area contributed by atoms with Crippen molar-refractivity contribution in [3.8, 4) is 5.75 Å². The first-order valence-corrected chi connectivity index (χ1v) is 9.09. The summed E-state index contributed by atoms with van der Waals surface area (Å²) in [5.41, 5.74) is 1.41. The maximum absolute atomic E-state index is 14.0. The highest BCUT2D eigenvalue weighted by molar-refractivity contribution is 5.62. The first kappa shape index (κ1) is 18.0. The highest BCUT2D eigenvalue weighted by Crippen LogP contribution is 2.26. The van der Waals surface area contributed by atoms with E-state index in [-0.39, 0.29) is 5.82 Å². The first-order chi connectivity index (χ1) is 13.7. The van der Waals surface area contributed by atoms with E-state index in [4.69, 9.17) is 4.74 Å². The molecule has 1 fully saturated rings. The van der Waals surface area contributed by atoms with Gasteiger partial charge in [0.15, 0.2) is 5.82 Å². The van der Waals surface area contributed by atoms with Crippen LogP contribution in [0.2, 0.25) is 0 Å². The lowest BCUT2D eigenvalue weighted by Gasteiger charge is -2.36. The van der Waals surface area contributed by atoms with Gasteiger partial charge in [0.05, 0.1) is 24.7 Å². The van der Waals surface area contributed by atoms with Gasteiger partial charge in [-0.05, 0) is 24.3 Å². The third kappa shape index (κ3) is 3.80. The molecule has 0 bridgehead atoms. The number of nitrogens with one attached hydrogen (secondary N) is 1. The van der Waals surface area contributed by atoms with Crippen LogP contribution in [-0.2, 0) is 0 Å². The SMILES string of the molecule is COc1ccccc1Nc1nncc(N2CCN(c3ccccc3F)CC2)n1. The maximum atomic E-state index is 14.0. The van der Waals surface area contributed by atoms with Crippen LogP contribution in [0.4, 0.5) is 27.5 Å². The van der Waals surface area contributed by atoms with E-state index in [1.165, 1.54) is 6.07 Å². The summed E-state index contributed by atoms with van der Waals surface area (Å²) in [6.07, 6.45) is 1.65. The molecule has 0 amide bonds. The van der Waals surface area contributed by atoms with E-state index in [0.717, 1.165) is 24.6 Å². The van der Waals surface area contributed by atoms with Crippen molar-refractivity contribution < 1.29 is 9.13 Å². The van der Waals surface area contributed by atoms with Crippen molar-refractivity contribution in [3.05, 3.63) is 60.5 Å². The molecule has 0 saturated carbocycles. The fourth-order valence-corrected chi connectivity index (χ4v) is 3.25. The van der Waals surface area contributed by atoms with Crippen LogP contribution >= 0.6 is 0 Å². The van der Waals surface area contributed by atoms with Crippen molar-refractivity contribution in [2.75, 3.05) is 48.4 Å². The molecule has 1 aromatic heterocycles. The van der Waals surface area contributed by atoms with Gasteiger partial charge >= 0.3 is 0 Å². The van der Waals surface area contributed by atoms with Crippen molar-refractivity contribution in [1.82, 2.24) is 15.2 Å². The molecule has 144 valence electrons. The van der Waals surface area contributed by atoms with Crippen LogP contribution in [-0.4, -0.2) is 48.5 Å². The number of benzene rings is 2. The molecular formula is C20H21FN6O. The van der Waals surface area contributed by atoms with Crippen LogP contribution in [0.3, 0.4) is 0 Å². The molecule has 4 rings (SSSR count). The summed E-state index contributed by atoms with van der Waals surface area (Å²) in [7, 11) is 1.62. The number of halogens is 1. The van der Waals surface area contributed by atoms with E-state index in [2.05, 4.69) is 30.3 Å². The highest BCUT2D eigenvalue weighted by Gasteiger charge is 2.21. The van der Waals surface area contributed by atoms with Crippen molar-refractivity contribution in [1.29, 1.82) is 0 Å². The number of methoxy groups -OCH3 is 1. The Morgan fingerprint density at radius 3 is 2.46 bits per heavy atom. The average molecular weight is 380 g/mol. The van der Waals surface area contributed by atoms with E-state index in [9.17, 15) is 4.39 Å². The minimum Gasteiger partial charge on any atom is -0.495 e. The zero-order valence-corrected chi connectivity index (χ0v) is 15.5. The molecule has 8 heteroatoms. The van der Waals surface area contributed by atoms with Gasteiger partial charge in [-0.25, -0.2) is 4.39 Å². The number of hydrogen-bond acceptors (Lipinski definition) is 7. The first-order valence-electron chi connectivity index (χ1n) is 9.09. The summed E-state index contributed by atoms with van der Waals surface area (Å²) in [5.74, 6) is 1.65. The minimum absolute atomic E-state index is 0.192. The molecule has 2 aromatic carbocycles. The summed E-state index contributed by atoms with van der Waals surface area (Å²) in [6.45, 7) is 2.86. The number of piperazine rings is 1. The molecule has 0 spiro atoms. The third-order valence-electron chi connectivity index (χ3n) is 4.70. The normalized spacial score (nSPS) is 14.1. The highest BCUT2D eigenvalue weighted by atomic mass is 19.1. The van der Waals surface area contributed by atoms with Gasteiger partial charge in [0, 0.05) is 26.2 Å². The van der Waals surface area contributed by atoms with Gasteiger partial charge in [-0.2, -0.15) is 10.1 Å². The fraction of sp³-hybridized carbons (Fsp3) is 0.250. The molecule has 1 saturated heterocycles. The van der Waals surface area contributed by atoms with Crippen LogP contribution in [0.15, 0.2) is 54.7 Å². The number of anilines is 4. The number of para-hydroxylation sites is 3. The standard InChI is InChI=1S/C20H21FN6O/c1-28-18-9-5-3-7-16(18)23-20-24-19(14-22-25-20)27-12-10-26(11-13-27)17-8-4-2-6-15(17)21/h2-9,14H,10-13H2,1H3,(H,23,24,25). The Hall–Kier alpha value is -3.42. The van der Waals surface area contributed by atoms with Gasteiger partial charge in [-0.1, -0.05) is 24.3 Å². The largest absolute Gasteiger partial charge is 0.495 e. The van der Waals surface area contributed by atoms with Gasteiger partial charge in [0.25, 0.3) is 0 Å². The van der Waals surface area contributed by atoms with Gasteiger partial charge in [0.1, 0.15) is 11.6 Å². The van der Waals surface area contributed by atoms with Crippen LogP contribution in [0, 0.1) is 5.82 Å². The Morgan fingerprint density at radius 1 is 0.964 bits per heavy atom. The second-order valence-electron chi connectivity index (χ2n) is 6.39. The molecule has 1 aliphatic heterocycles. The lowest BCUT2D eigenvalue weighted by Crippen LogP contribution is -2.47. The van der Waals surface area contributed by atoms with E-state index in [1.807, 2.05) is 36.4 Å². The molecule has 28 heavy (non-hydrogen) atoms. The van der Waals surface area contributed by atoms with E-state index >= 15 is 0 Å². The maximum Gasteiger partial charge on any atom is 0.249 e. The van der Waals surface area contributed by atoms with Crippen molar-refractivity contribution in [2.45, 2.75) is 0 Å². The molecule has 0 aliphatic carbocycles. The van der Waals surface area contributed by atoms with E-state index < -0.39 is 0 Å². The van der Waals surface area contributed by atoms with E-state index in [0.29, 0.717) is 30.5 Å². The monoisotopic (exact) mass is 380 g/mol. The Morgan fingerprint density at radius 2 is 1.68 bits per heavy atom. The number of rotatable bonds is 5. The number of nitrogens with zero attached hydrogens (tertiary/aromatic N) is 5. The Labute approximate surface area is 162 Å². The topological polar surface area (TPSA) is 66.4 Å². The Balaban J connectivity index is 1.45. The smallest absolute Gasteiger partial charge is 0.249 e. The van der Waals surface area contributed by atoms with Crippen molar-refractivity contribution in [3.63, 3.8) is 0 Å². The van der Waals surface area contributed by atoms with Crippen molar-refractivity contribution >= 4 is 23.1 Å². The van der Waals surface area contributed by atoms with Crippen LogP contribution in [0.5, 0.6) is 5.75 Å². The Kier molecular flexibility index (Phi) is 5.18. The quantitative estimate of drug-likeness (QED) is 0.730. The summed E-state index contributed by atoms with van der Waals surface area (Å²) in [6, 6.07) is 14.4. The molecule has 0 atom stereocenters. The zero-order chi connectivity index (χ0) is 19.3. The predicted molar refractivity (Wildman–Crippen MR) is 107 cm³/mol. The van der Waals surface area contributed by atoms with Crippen molar-refractivity contribution in [2.24, 2.45) is 0 Å². The predicted octanol–water partition coefficient (Wildman–Crippen LogP) is 3.09. The zero-order valence-electron chi connectivity index (χ0n) is 15.5. The summed E-state index contributed by atoms with van der Waals surface area (Å²) in [4.78, 5) is 8.75. The summed E-state index contributed by atoms with van der Waals surface area (Å²) < 4.78 is 19.4. The summed E-state index contributed by atoms with van der Waals surface area (Å²) >= 11 is 0.